The lowest BCUT2D eigenvalue weighted by Gasteiger charge is -2.37. The molecular weight excluding hydrogens is 208 g/mol. The van der Waals surface area contributed by atoms with Gasteiger partial charge in [-0.05, 0) is 47.0 Å². The molecule has 94 valence electrons. The second kappa shape index (κ2) is 5.12. The Morgan fingerprint density at radius 1 is 1.44 bits per heavy atom. The van der Waals surface area contributed by atoms with Gasteiger partial charge in [0, 0.05) is 12.6 Å². The number of likely N-dealkylation sites (tertiary alicyclic amines) is 1. The van der Waals surface area contributed by atoms with Gasteiger partial charge in [0.15, 0.2) is 5.60 Å². The number of piperidine rings is 1. The Hall–Kier alpha value is -0.650. The maximum Gasteiger partial charge on any atom is 0.336 e. The molecule has 5 heteroatoms. The van der Waals surface area contributed by atoms with Crippen LogP contribution in [0.25, 0.3) is 0 Å². The number of aliphatic carboxylic acids is 1. The maximum absolute atomic E-state index is 10.8. The molecule has 0 saturated carbocycles. The van der Waals surface area contributed by atoms with E-state index in [0.29, 0.717) is 6.04 Å². The molecule has 1 fully saturated rings. The van der Waals surface area contributed by atoms with Crippen molar-refractivity contribution in [1.29, 1.82) is 0 Å². The molecular formula is C11H22N2O3. The summed E-state index contributed by atoms with van der Waals surface area (Å²) in [6.45, 7) is 3.27. The molecule has 0 spiro atoms. The van der Waals surface area contributed by atoms with Crippen molar-refractivity contribution in [2.24, 2.45) is 0 Å². The molecule has 1 aliphatic rings. The van der Waals surface area contributed by atoms with E-state index in [4.69, 9.17) is 5.11 Å². The van der Waals surface area contributed by atoms with E-state index in [1.165, 1.54) is 6.92 Å². The van der Waals surface area contributed by atoms with E-state index in [2.05, 4.69) is 19.0 Å². The second-order valence-electron chi connectivity index (χ2n) is 5.05. The zero-order chi connectivity index (χ0) is 12.3. The van der Waals surface area contributed by atoms with E-state index < -0.39 is 11.6 Å². The summed E-state index contributed by atoms with van der Waals surface area (Å²) in [4.78, 5) is 15.0. The number of carboxylic acids is 1. The summed E-state index contributed by atoms with van der Waals surface area (Å²) >= 11 is 0. The topological polar surface area (TPSA) is 64.0 Å². The van der Waals surface area contributed by atoms with Crippen molar-refractivity contribution in [3.63, 3.8) is 0 Å². The molecule has 0 aromatic rings. The minimum atomic E-state index is -1.63. The van der Waals surface area contributed by atoms with Crippen LogP contribution in [0.5, 0.6) is 0 Å². The van der Waals surface area contributed by atoms with Gasteiger partial charge in [0.05, 0.1) is 0 Å². The van der Waals surface area contributed by atoms with Gasteiger partial charge in [-0.3, -0.25) is 4.90 Å². The number of hydrogen-bond donors (Lipinski definition) is 2. The molecule has 0 amide bonds. The van der Waals surface area contributed by atoms with Crippen molar-refractivity contribution in [3.8, 4) is 0 Å². The molecule has 2 N–H and O–H groups in total. The number of nitrogens with zero attached hydrogens (tertiary/aromatic N) is 2. The van der Waals surface area contributed by atoms with E-state index in [-0.39, 0.29) is 6.54 Å². The van der Waals surface area contributed by atoms with Crippen LogP contribution in [0.15, 0.2) is 0 Å². The van der Waals surface area contributed by atoms with Gasteiger partial charge in [-0.1, -0.05) is 0 Å². The Morgan fingerprint density at radius 2 is 1.94 bits per heavy atom. The van der Waals surface area contributed by atoms with Gasteiger partial charge in [0.2, 0.25) is 0 Å². The monoisotopic (exact) mass is 230 g/mol. The highest BCUT2D eigenvalue weighted by Crippen LogP contribution is 2.16. The summed E-state index contributed by atoms with van der Waals surface area (Å²) in [6, 6.07) is 0.575. The van der Waals surface area contributed by atoms with Crippen molar-refractivity contribution < 1.29 is 15.0 Å². The Bertz CT molecular complexity index is 246. The molecule has 0 aromatic heterocycles. The zero-order valence-corrected chi connectivity index (χ0v) is 10.3. The van der Waals surface area contributed by atoms with Crippen molar-refractivity contribution in [1.82, 2.24) is 9.80 Å². The molecule has 0 aliphatic carbocycles. The van der Waals surface area contributed by atoms with Crippen LogP contribution in [0, 0.1) is 0 Å². The largest absolute Gasteiger partial charge is 0.479 e. The van der Waals surface area contributed by atoms with Crippen LogP contribution in [0.4, 0.5) is 0 Å². The Labute approximate surface area is 96.7 Å². The van der Waals surface area contributed by atoms with Gasteiger partial charge in [0.1, 0.15) is 0 Å². The molecule has 0 bridgehead atoms. The number of β-amino-alcohol motifs (C(OH)–C–C–N with tert-alkyl or cyclic N) is 1. The standard InChI is InChI=1S/C11H22N2O3/c1-11(16,10(14)15)8-13-6-4-9(5-7-13)12(2)3/h9,16H,4-8H2,1-3H3,(H,14,15). The van der Waals surface area contributed by atoms with Crippen LogP contribution in [-0.2, 0) is 4.79 Å². The van der Waals surface area contributed by atoms with Crippen LogP contribution < -0.4 is 0 Å². The summed E-state index contributed by atoms with van der Waals surface area (Å²) in [5, 5.41) is 18.5. The fourth-order valence-electron chi connectivity index (χ4n) is 2.10. The number of carboxylic acid groups (broad SMARTS) is 1. The SMILES string of the molecule is CN(C)C1CCN(CC(C)(O)C(=O)O)CC1. The fraction of sp³-hybridized carbons (Fsp3) is 0.909. The van der Waals surface area contributed by atoms with Gasteiger partial charge in [-0.15, -0.1) is 0 Å². The van der Waals surface area contributed by atoms with Gasteiger partial charge in [-0.2, -0.15) is 0 Å². The first-order chi connectivity index (χ1) is 7.33. The van der Waals surface area contributed by atoms with Gasteiger partial charge < -0.3 is 15.1 Å². The maximum atomic E-state index is 10.8. The van der Waals surface area contributed by atoms with E-state index >= 15 is 0 Å². The molecule has 1 aliphatic heterocycles. The highest BCUT2D eigenvalue weighted by atomic mass is 16.4. The molecule has 1 unspecified atom stereocenters. The highest BCUT2D eigenvalue weighted by molar-refractivity contribution is 5.76. The third-order valence-corrected chi connectivity index (χ3v) is 3.28. The van der Waals surface area contributed by atoms with E-state index in [1.807, 2.05) is 4.90 Å². The van der Waals surface area contributed by atoms with E-state index in [0.717, 1.165) is 25.9 Å². The average Bonchev–Trinajstić information content (AvgIpc) is 2.17. The number of rotatable bonds is 4. The lowest BCUT2D eigenvalue weighted by atomic mass is 10.0. The average molecular weight is 230 g/mol. The lowest BCUT2D eigenvalue weighted by molar-refractivity contribution is -0.158. The summed E-state index contributed by atoms with van der Waals surface area (Å²) in [6.07, 6.45) is 2.06. The predicted molar refractivity (Wildman–Crippen MR) is 61.4 cm³/mol. The number of carbonyl (C=O) groups is 1. The minimum absolute atomic E-state index is 0.211. The second-order valence-corrected chi connectivity index (χ2v) is 5.05. The molecule has 1 heterocycles. The van der Waals surface area contributed by atoms with E-state index in [9.17, 15) is 9.90 Å². The van der Waals surface area contributed by atoms with Crippen molar-refractivity contribution >= 4 is 5.97 Å². The summed E-state index contributed by atoms with van der Waals surface area (Å²) < 4.78 is 0. The Balaban J connectivity index is 2.40. The molecule has 1 rings (SSSR count). The van der Waals surface area contributed by atoms with Crippen LogP contribution >= 0.6 is 0 Å². The van der Waals surface area contributed by atoms with Crippen molar-refractivity contribution in [2.45, 2.75) is 31.4 Å². The fourth-order valence-corrected chi connectivity index (χ4v) is 2.10. The van der Waals surface area contributed by atoms with Crippen molar-refractivity contribution in [2.75, 3.05) is 33.7 Å². The van der Waals surface area contributed by atoms with Crippen molar-refractivity contribution in [3.05, 3.63) is 0 Å². The normalized spacial score (nSPS) is 23.3. The Morgan fingerprint density at radius 3 is 2.31 bits per heavy atom. The third-order valence-electron chi connectivity index (χ3n) is 3.28. The molecule has 16 heavy (non-hydrogen) atoms. The number of hydrogen-bond acceptors (Lipinski definition) is 4. The smallest absolute Gasteiger partial charge is 0.336 e. The lowest BCUT2D eigenvalue weighted by Crippen LogP contribution is -2.50. The molecule has 1 atom stereocenters. The first kappa shape index (κ1) is 13.4. The van der Waals surface area contributed by atoms with Crippen LogP contribution in [0.2, 0.25) is 0 Å². The predicted octanol–water partition coefficient (Wildman–Crippen LogP) is -0.152. The summed E-state index contributed by atoms with van der Waals surface area (Å²) in [5.41, 5.74) is -1.63. The molecule has 1 saturated heterocycles. The first-order valence-electron chi connectivity index (χ1n) is 5.67. The minimum Gasteiger partial charge on any atom is -0.479 e. The van der Waals surface area contributed by atoms with Gasteiger partial charge in [0.25, 0.3) is 0 Å². The van der Waals surface area contributed by atoms with Crippen LogP contribution in [0.3, 0.4) is 0 Å². The molecule has 5 nitrogen and oxygen atoms in total. The zero-order valence-electron chi connectivity index (χ0n) is 10.3. The highest BCUT2D eigenvalue weighted by Gasteiger charge is 2.33. The van der Waals surface area contributed by atoms with Crippen LogP contribution in [0.1, 0.15) is 19.8 Å². The molecule has 0 aromatic carbocycles. The number of aliphatic hydroxyl groups is 1. The summed E-state index contributed by atoms with van der Waals surface area (Å²) in [7, 11) is 4.13. The summed E-state index contributed by atoms with van der Waals surface area (Å²) in [5.74, 6) is -1.15. The van der Waals surface area contributed by atoms with Gasteiger partial charge >= 0.3 is 5.97 Å². The van der Waals surface area contributed by atoms with Gasteiger partial charge in [-0.25, -0.2) is 4.79 Å². The quantitative estimate of drug-likeness (QED) is 0.703. The molecule has 0 radical (unpaired) electrons. The van der Waals surface area contributed by atoms with Crippen LogP contribution in [-0.4, -0.2) is 71.4 Å². The Kier molecular flexibility index (Phi) is 4.29. The third kappa shape index (κ3) is 3.43. The van der Waals surface area contributed by atoms with E-state index in [1.54, 1.807) is 0 Å². The first-order valence-corrected chi connectivity index (χ1v) is 5.67.